The van der Waals surface area contributed by atoms with Crippen LogP contribution in [-0.2, 0) is 6.42 Å². The Balaban J connectivity index is 2.11. The maximum atomic E-state index is 12.8. The lowest BCUT2D eigenvalue weighted by Gasteiger charge is -2.23. The second kappa shape index (κ2) is 5.76. The molecule has 114 valence electrons. The molecule has 0 spiro atoms. The molecule has 1 saturated heterocycles. The second-order valence-electron chi connectivity index (χ2n) is 5.35. The van der Waals surface area contributed by atoms with Crippen LogP contribution in [0.4, 0.5) is 5.69 Å². The van der Waals surface area contributed by atoms with E-state index in [0.717, 1.165) is 31.7 Å². The molecule has 0 radical (unpaired) electrons. The highest BCUT2D eigenvalue weighted by Gasteiger charge is 2.22. The van der Waals surface area contributed by atoms with Crippen LogP contribution < -0.4 is 15.8 Å². The summed E-state index contributed by atoms with van der Waals surface area (Å²) in [6.07, 6.45) is 1.73. The van der Waals surface area contributed by atoms with E-state index in [2.05, 4.69) is 48.1 Å². The summed E-state index contributed by atoms with van der Waals surface area (Å²) in [6, 6.07) is 0.473. The summed E-state index contributed by atoms with van der Waals surface area (Å²) in [6.45, 7) is 6.74. The summed E-state index contributed by atoms with van der Waals surface area (Å²) in [5, 5.41) is 6.33. The van der Waals surface area contributed by atoms with Crippen LogP contribution in [0.3, 0.4) is 0 Å². The van der Waals surface area contributed by atoms with E-state index in [-0.39, 0.29) is 5.56 Å². The number of H-pyrrole nitrogens is 1. The minimum Gasteiger partial charge on any atom is -0.364 e. The lowest BCUT2D eigenvalue weighted by molar-refractivity contribution is 0.566. The highest BCUT2D eigenvalue weighted by molar-refractivity contribution is 9.10. The highest BCUT2D eigenvalue weighted by Crippen LogP contribution is 2.18. The van der Waals surface area contributed by atoms with Crippen LogP contribution in [-0.4, -0.2) is 45.3 Å². The Hall–Kier alpha value is -1.41. The van der Waals surface area contributed by atoms with E-state index >= 15 is 0 Å². The normalized spacial score (nSPS) is 20.0. The van der Waals surface area contributed by atoms with Gasteiger partial charge < -0.3 is 10.2 Å². The van der Waals surface area contributed by atoms with Crippen molar-refractivity contribution in [2.75, 3.05) is 24.5 Å². The molecule has 0 unspecified atom stereocenters. The number of anilines is 1. The lowest BCUT2D eigenvalue weighted by Crippen LogP contribution is -2.35. The molecule has 8 heteroatoms. The van der Waals surface area contributed by atoms with Crippen molar-refractivity contribution < 1.29 is 0 Å². The molecule has 21 heavy (non-hydrogen) atoms. The molecular weight excluding hydrogens is 336 g/mol. The van der Waals surface area contributed by atoms with E-state index in [1.165, 1.54) is 4.52 Å². The number of fused-ring (bicyclic) bond motifs is 1. The Morgan fingerprint density at radius 3 is 2.95 bits per heavy atom. The molecule has 0 bridgehead atoms. The molecule has 1 aliphatic rings. The zero-order chi connectivity index (χ0) is 15.0. The van der Waals surface area contributed by atoms with Crippen molar-refractivity contribution >= 4 is 27.4 Å². The molecule has 7 nitrogen and oxygen atoms in total. The maximum Gasteiger partial charge on any atom is 0.297 e. The van der Waals surface area contributed by atoms with E-state index in [1.54, 1.807) is 0 Å². The summed E-state index contributed by atoms with van der Waals surface area (Å²) in [5.74, 6) is 0.411. The Morgan fingerprint density at radius 2 is 2.19 bits per heavy atom. The van der Waals surface area contributed by atoms with Gasteiger partial charge in [0.2, 0.25) is 0 Å². The first-order valence-corrected chi connectivity index (χ1v) is 8.05. The van der Waals surface area contributed by atoms with Crippen molar-refractivity contribution in [3.8, 4) is 0 Å². The number of nitrogens with one attached hydrogen (secondary N) is 2. The first kappa shape index (κ1) is 14.5. The van der Waals surface area contributed by atoms with E-state index in [4.69, 9.17) is 0 Å². The van der Waals surface area contributed by atoms with Gasteiger partial charge in [0.1, 0.15) is 5.69 Å². The molecule has 2 N–H and O–H groups in total. The molecule has 3 heterocycles. The second-order valence-corrected chi connectivity index (χ2v) is 6.10. The van der Waals surface area contributed by atoms with E-state index in [1.807, 2.05) is 6.92 Å². The van der Waals surface area contributed by atoms with Gasteiger partial charge in [-0.2, -0.15) is 9.50 Å². The van der Waals surface area contributed by atoms with Crippen LogP contribution in [0, 0.1) is 0 Å². The van der Waals surface area contributed by atoms with Crippen LogP contribution in [0.5, 0.6) is 0 Å². The van der Waals surface area contributed by atoms with Gasteiger partial charge in [0, 0.05) is 25.7 Å². The Morgan fingerprint density at radius 1 is 1.38 bits per heavy atom. The van der Waals surface area contributed by atoms with Crippen molar-refractivity contribution in [1.82, 2.24) is 24.9 Å². The van der Waals surface area contributed by atoms with Gasteiger partial charge in [-0.1, -0.05) is 6.92 Å². The van der Waals surface area contributed by atoms with Crippen LogP contribution in [0.1, 0.15) is 26.0 Å². The fourth-order valence-electron chi connectivity index (χ4n) is 2.72. The summed E-state index contributed by atoms with van der Waals surface area (Å²) in [5.41, 5.74) is 1.43. The standard InChI is InChI=1S/C13H19BrN6O/c1-3-9-10(19-6-4-8(2)15-5-7-19)11(21)20-13(16-9)17-12(14)18-20/h8,15H,3-7H2,1-2H3,(H,16,17,18)/t8-/m0/s1. The lowest BCUT2D eigenvalue weighted by atomic mass is 10.2. The Labute approximate surface area is 130 Å². The van der Waals surface area contributed by atoms with Gasteiger partial charge >= 0.3 is 0 Å². The first-order chi connectivity index (χ1) is 10.1. The van der Waals surface area contributed by atoms with Crippen molar-refractivity contribution in [2.45, 2.75) is 32.7 Å². The van der Waals surface area contributed by atoms with Crippen LogP contribution >= 0.6 is 15.9 Å². The molecule has 1 aliphatic heterocycles. The van der Waals surface area contributed by atoms with Crippen molar-refractivity contribution in [3.63, 3.8) is 0 Å². The van der Waals surface area contributed by atoms with Gasteiger partial charge in [-0.05, 0) is 35.7 Å². The predicted octanol–water partition coefficient (Wildman–Crippen LogP) is 0.931. The summed E-state index contributed by atoms with van der Waals surface area (Å²) in [7, 11) is 0. The Kier molecular flexibility index (Phi) is 3.99. The van der Waals surface area contributed by atoms with Crippen molar-refractivity contribution in [1.29, 1.82) is 0 Å². The summed E-state index contributed by atoms with van der Waals surface area (Å²) < 4.78 is 1.91. The molecule has 0 amide bonds. The molecule has 1 fully saturated rings. The number of rotatable bonds is 2. The third-order valence-corrected chi connectivity index (χ3v) is 4.23. The zero-order valence-electron chi connectivity index (χ0n) is 12.2. The molecule has 0 aliphatic carbocycles. The number of aromatic nitrogens is 4. The van der Waals surface area contributed by atoms with Gasteiger partial charge in [0.25, 0.3) is 11.3 Å². The van der Waals surface area contributed by atoms with Crippen LogP contribution in [0.2, 0.25) is 0 Å². The maximum absolute atomic E-state index is 12.8. The number of hydrogen-bond donors (Lipinski definition) is 2. The van der Waals surface area contributed by atoms with Gasteiger partial charge in [0.15, 0.2) is 4.73 Å². The van der Waals surface area contributed by atoms with E-state index < -0.39 is 0 Å². The number of nitrogens with zero attached hydrogens (tertiary/aromatic N) is 4. The highest BCUT2D eigenvalue weighted by atomic mass is 79.9. The summed E-state index contributed by atoms with van der Waals surface area (Å²) >= 11 is 3.26. The topological polar surface area (TPSA) is 78.3 Å². The van der Waals surface area contributed by atoms with E-state index in [9.17, 15) is 4.79 Å². The number of halogens is 1. The third kappa shape index (κ3) is 2.69. The molecule has 2 aromatic heterocycles. The molecule has 0 aromatic carbocycles. The number of aryl methyl sites for hydroxylation is 1. The largest absolute Gasteiger partial charge is 0.364 e. The Bertz CT molecular complexity index is 708. The number of aromatic amines is 1. The molecule has 2 aromatic rings. The predicted molar refractivity (Wildman–Crippen MR) is 85.0 cm³/mol. The SMILES string of the molecule is CCc1nc2nc(Br)[nH]n2c(=O)c1N1CCN[C@@H](C)CC1. The summed E-state index contributed by atoms with van der Waals surface area (Å²) in [4.78, 5) is 23.6. The smallest absolute Gasteiger partial charge is 0.297 e. The minimum atomic E-state index is -0.0791. The molecule has 0 saturated carbocycles. The van der Waals surface area contributed by atoms with Crippen LogP contribution in [0.15, 0.2) is 9.53 Å². The van der Waals surface area contributed by atoms with Crippen molar-refractivity contribution in [2.24, 2.45) is 0 Å². The van der Waals surface area contributed by atoms with Gasteiger partial charge in [-0.15, -0.1) is 0 Å². The fourth-order valence-corrected chi connectivity index (χ4v) is 3.06. The monoisotopic (exact) mass is 354 g/mol. The average molecular weight is 355 g/mol. The van der Waals surface area contributed by atoms with Gasteiger partial charge in [-0.3, -0.25) is 9.89 Å². The average Bonchev–Trinajstić information content (AvgIpc) is 2.70. The first-order valence-electron chi connectivity index (χ1n) is 7.25. The van der Waals surface area contributed by atoms with E-state index in [0.29, 0.717) is 28.7 Å². The molecule has 1 atom stereocenters. The molecule has 3 rings (SSSR count). The minimum absolute atomic E-state index is 0.0791. The zero-order valence-corrected chi connectivity index (χ0v) is 13.8. The number of hydrogen-bond acceptors (Lipinski definition) is 5. The molecular formula is C13H19BrN6O. The van der Waals surface area contributed by atoms with Gasteiger partial charge in [-0.25, -0.2) is 4.98 Å². The quantitative estimate of drug-likeness (QED) is 0.838. The fraction of sp³-hybridized carbons (Fsp3) is 0.615. The van der Waals surface area contributed by atoms with Gasteiger partial charge in [0.05, 0.1) is 5.69 Å². The van der Waals surface area contributed by atoms with Crippen molar-refractivity contribution in [3.05, 3.63) is 20.8 Å². The van der Waals surface area contributed by atoms with Crippen LogP contribution in [0.25, 0.3) is 5.78 Å². The third-order valence-electron chi connectivity index (χ3n) is 3.87.